The molecule has 0 unspecified atom stereocenters. The lowest BCUT2D eigenvalue weighted by Gasteiger charge is -2.38. The lowest BCUT2D eigenvalue weighted by molar-refractivity contribution is -0.134. The molecule has 5 rings (SSSR count). The lowest BCUT2D eigenvalue weighted by Crippen LogP contribution is -2.57. The number of anilines is 1. The minimum Gasteiger partial charge on any atom is -0.341 e. The number of amides is 4. The molecule has 3 aliphatic rings. The van der Waals surface area contributed by atoms with Crippen LogP contribution in [-0.4, -0.2) is 67.0 Å². The summed E-state index contributed by atoms with van der Waals surface area (Å²) in [5.74, 6) is 0.0829. The fraction of sp³-hybridized carbons (Fsp3) is 0.516. The van der Waals surface area contributed by atoms with Gasteiger partial charge in [0, 0.05) is 37.4 Å². The third-order valence-corrected chi connectivity index (χ3v) is 8.53. The van der Waals surface area contributed by atoms with Crippen molar-refractivity contribution in [2.75, 3.05) is 31.1 Å². The Hall–Kier alpha value is -3.39. The van der Waals surface area contributed by atoms with Gasteiger partial charge in [-0.2, -0.15) is 0 Å². The van der Waals surface area contributed by atoms with Crippen LogP contribution in [0, 0.1) is 0 Å². The molecule has 8 heteroatoms. The first kappa shape index (κ1) is 27.2. The standard InChI is InChI=1S/C31H41N5O3/c1-31(2)25-12-6-7-13-27(25)36(29(31)38)24-16-19-35(20-17-24)28(37)26(15-14-22-9-4-3-5-10-22)34-30(39)33-23-11-8-18-32-21-23/h3-7,9-10,12-13,23-24,26,32H,8,11,14-21H2,1-2H3,(H2,33,34,39)/t23-,26+/m1/s1. The highest BCUT2D eigenvalue weighted by atomic mass is 16.2. The summed E-state index contributed by atoms with van der Waals surface area (Å²) in [4.78, 5) is 43.9. The van der Waals surface area contributed by atoms with Crippen molar-refractivity contribution in [1.29, 1.82) is 0 Å². The number of urea groups is 1. The van der Waals surface area contributed by atoms with Gasteiger partial charge in [-0.1, -0.05) is 48.5 Å². The Labute approximate surface area is 231 Å². The van der Waals surface area contributed by atoms with Crippen LogP contribution in [0.2, 0.25) is 0 Å². The van der Waals surface area contributed by atoms with E-state index in [2.05, 4.69) is 16.0 Å². The zero-order valence-corrected chi connectivity index (χ0v) is 23.1. The molecule has 2 fully saturated rings. The van der Waals surface area contributed by atoms with E-state index in [0.717, 1.165) is 42.7 Å². The number of benzene rings is 2. The van der Waals surface area contributed by atoms with E-state index in [4.69, 9.17) is 0 Å². The summed E-state index contributed by atoms with van der Waals surface area (Å²) in [6, 6.07) is 17.3. The van der Waals surface area contributed by atoms with Crippen molar-refractivity contribution in [3.05, 3.63) is 65.7 Å². The van der Waals surface area contributed by atoms with Crippen molar-refractivity contribution in [1.82, 2.24) is 20.9 Å². The first-order valence-electron chi connectivity index (χ1n) is 14.4. The number of piperidine rings is 2. The topological polar surface area (TPSA) is 93.8 Å². The monoisotopic (exact) mass is 531 g/mol. The van der Waals surface area contributed by atoms with Gasteiger partial charge in [-0.25, -0.2) is 4.79 Å². The molecule has 0 saturated carbocycles. The number of hydrogen-bond acceptors (Lipinski definition) is 4. The number of likely N-dealkylation sites (tertiary alicyclic amines) is 1. The molecule has 0 radical (unpaired) electrons. The van der Waals surface area contributed by atoms with E-state index < -0.39 is 11.5 Å². The number of fused-ring (bicyclic) bond motifs is 1. The smallest absolute Gasteiger partial charge is 0.315 e. The van der Waals surface area contributed by atoms with Crippen LogP contribution in [0.5, 0.6) is 0 Å². The molecule has 39 heavy (non-hydrogen) atoms. The third kappa shape index (κ3) is 5.96. The van der Waals surface area contributed by atoms with Crippen LogP contribution in [0.25, 0.3) is 0 Å². The first-order chi connectivity index (χ1) is 18.8. The highest BCUT2D eigenvalue weighted by molar-refractivity contribution is 6.08. The van der Waals surface area contributed by atoms with Crippen molar-refractivity contribution in [3.63, 3.8) is 0 Å². The van der Waals surface area contributed by atoms with Gasteiger partial charge >= 0.3 is 6.03 Å². The van der Waals surface area contributed by atoms with Crippen LogP contribution in [0.1, 0.15) is 57.1 Å². The van der Waals surface area contributed by atoms with Crippen LogP contribution < -0.4 is 20.9 Å². The normalized spacial score (nSPS) is 21.8. The molecule has 208 valence electrons. The number of rotatable bonds is 7. The molecule has 0 bridgehead atoms. The Bertz CT molecular complexity index is 1170. The van der Waals surface area contributed by atoms with Crippen molar-refractivity contribution in [2.45, 2.75) is 75.9 Å². The van der Waals surface area contributed by atoms with Gasteiger partial charge in [0.25, 0.3) is 0 Å². The summed E-state index contributed by atoms with van der Waals surface area (Å²) in [5, 5.41) is 9.35. The zero-order valence-electron chi connectivity index (χ0n) is 23.1. The Morgan fingerprint density at radius 2 is 1.74 bits per heavy atom. The number of para-hydroxylation sites is 1. The number of carbonyl (C=O) groups is 3. The van der Waals surface area contributed by atoms with Gasteiger partial charge < -0.3 is 25.8 Å². The van der Waals surface area contributed by atoms with Gasteiger partial charge in [0.2, 0.25) is 11.8 Å². The fourth-order valence-electron chi connectivity index (χ4n) is 6.24. The van der Waals surface area contributed by atoms with E-state index in [0.29, 0.717) is 38.8 Å². The van der Waals surface area contributed by atoms with E-state index in [1.165, 1.54) is 0 Å². The molecule has 2 aromatic carbocycles. The van der Waals surface area contributed by atoms with Crippen LogP contribution in [0.4, 0.5) is 10.5 Å². The molecule has 3 heterocycles. The van der Waals surface area contributed by atoms with E-state index in [-0.39, 0.29) is 29.9 Å². The number of nitrogens with one attached hydrogen (secondary N) is 3. The lowest BCUT2D eigenvalue weighted by atomic mass is 9.86. The van der Waals surface area contributed by atoms with Crippen LogP contribution >= 0.6 is 0 Å². The Balaban J connectivity index is 1.23. The van der Waals surface area contributed by atoms with Gasteiger partial charge in [-0.05, 0) is 76.1 Å². The average molecular weight is 532 g/mol. The number of hydrogen-bond donors (Lipinski definition) is 3. The van der Waals surface area contributed by atoms with Crippen molar-refractivity contribution in [3.8, 4) is 0 Å². The molecule has 3 aliphatic heterocycles. The molecule has 0 aliphatic carbocycles. The summed E-state index contributed by atoms with van der Waals surface area (Å²) in [7, 11) is 0. The molecule has 3 N–H and O–H groups in total. The number of nitrogens with zero attached hydrogens (tertiary/aromatic N) is 2. The quantitative estimate of drug-likeness (QED) is 0.511. The van der Waals surface area contributed by atoms with Gasteiger partial charge in [0.1, 0.15) is 6.04 Å². The Morgan fingerprint density at radius 3 is 2.46 bits per heavy atom. The number of aryl methyl sites for hydroxylation is 1. The second kappa shape index (κ2) is 11.8. The summed E-state index contributed by atoms with van der Waals surface area (Å²) in [6.45, 7) is 6.83. The molecule has 4 amide bonds. The third-order valence-electron chi connectivity index (χ3n) is 8.53. The molecule has 2 atom stereocenters. The van der Waals surface area contributed by atoms with Crippen molar-refractivity contribution in [2.24, 2.45) is 0 Å². The second-order valence-electron chi connectivity index (χ2n) is 11.6. The highest BCUT2D eigenvalue weighted by Crippen LogP contribution is 2.43. The maximum atomic E-state index is 13.7. The maximum Gasteiger partial charge on any atom is 0.315 e. The average Bonchev–Trinajstić information content (AvgIpc) is 3.16. The summed E-state index contributed by atoms with van der Waals surface area (Å²) < 4.78 is 0. The van der Waals surface area contributed by atoms with E-state index in [9.17, 15) is 14.4 Å². The maximum absolute atomic E-state index is 13.7. The van der Waals surface area contributed by atoms with Gasteiger partial charge in [-0.15, -0.1) is 0 Å². The minimum absolute atomic E-state index is 0.0465. The predicted molar refractivity (Wildman–Crippen MR) is 153 cm³/mol. The summed E-state index contributed by atoms with van der Waals surface area (Å²) >= 11 is 0. The largest absolute Gasteiger partial charge is 0.341 e. The number of carbonyl (C=O) groups excluding carboxylic acids is 3. The molecule has 0 spiro atoms. The van der Waals surface area contributed by atoms with E-state index >= 15 is 0 Å². The van der Waals surface area contributed by atoms with E-state index in [1.807, 2.05) is 78.2 Å². The zero-order chi connectivity index (χ0) is 27.4. The Morgan fingerprint density at radius 1 is 1.03 bits per heavy atom. The van der Waals surface area contributed by atoms with Gasteiger partial charge in [0.05, 0.1) is 5.41 Å². The minimum atomic E-state index is -0.605. The van der Waals surface area contributed by atoms with Gasteiger partial charge in [0.15, 0.2) is 0 Å². The molecule has 0 aromatic heterocycles. The molecule has 8 nitrogen and oxygen atoms in total. The van der Waals surface area contributed by atoms with Crippen molar-refractivity contribution < 1.29 is 14.4 Å². The molecular weight excluding hydrogens is 490 g/mol. The summed E-state index contributed by atoms with van der Waals surface area (Å²) in [5.41, 5.74) is 2.66. The molecular formula is C31H41N5O3. The van der Waals surface area contributed by atoms with Crippen molar-refractivity contribution >= 4 is 23.5 Å². The molecule has 2 saturated heterocycles. The second-order valence-corrected chi connectivity index (χ2v) is 11.6. The fourth-order valence-corrected chi connectivity index (χ4v) is 6.24. The predicted octanol–water partition coefficient (Wildman–Crippen LogP) is 3.35. The summed E-state index contributed by atoms with van der Waals surface area (Å²) in [6.07, 6.45) is 4.63. The Kier molecular flexibility index (Phi) is 8.21. The van der Waals surface area contributed by atoms with Gasteiger partial charge in [-0.3, -0.25) is 9.59 Å². The van der Waals surface area contributed by atoms with E-state index in [1.54, 1.807) is 0 Å². The highest BCUT2D eigenvalue weighted by Gasteiger charge is 2.46. The van der Waals surface area contributed by atoms with Crippen LogP contribution in [-0.2, 0) is 21.4 Å². The SMILES string of the molecule is CC1(C)C(=O)N(C2CCN(C(=O)[C@H](CCc3ccccc3)NC(=O)N[C@@H]3CCCNC3)CC2)c2ccccc21. The van der Waals surface area contributed by atoms with Crippen LogP contribution in [0.3, 0.4) is 0 Å². The van der Waals surface area contributed by atoms with Crippen LogP contribution in [0.15, 0.2) is 54.6 Å². The molecule has 2 aromatic rings. The first-order valence-corrected chi connectivity index (χ1v) is 14.4.